The van der Waals surface area contributed by atoms with Gasteiger partial charge in [-0.1, -0.05) is 6.07 Å². The first-order valence-corrected chi connectivity index (χ1v) is 7.52. The molecule has 23 heavy (non-hydrogen) atoms. The second-order valence-electron chi connectivity index (χ2n) is 5.70. The number of hydrogen-bond donors (Lipinski definition) is 2. The Bertz CT molecular complexity index is 961. The first kappa shape index (κ1) is 13.6. The van der Waals surface area contributed by atoms with Crippen LogP contribution in [0.2, 0.25) is 0 Å². The van der Waals surface area contributed by atoms with Crippen LogP contribution >= 0.6 is 0 Å². The monoisotopic (exact) mass is 304 g/mol. The SMILES string of the molecule is Cc1ccc2c(=O)c(C(c3ccc[nH]3)c3ccc[nH]3)coc2c1. The number of H-pyrrole nitrogens is 2. The van der Waals surface area contributed by atoms with Gasteiger partial charge in [0.25, 0.3) is 0 Å². The van der Waals surface area contributed by atoms with E-state index in [0.717, 1.165) is 17.0 Å². The molecule has 4 rings (SSSR count). The first-order valence-electron chi connectivity index (χ1n) is 7.52. The number of aromatic nitrogens is 2. The summed E-state index contributed by atoms with van der Waals surface area (Å²) in [6.07, 6.45) is 5.30. The predicted octanol–water partition coefficient (Wildman–Crippen LogP) is 3.94. The first-order chi connectivity index (χ1) is 11.2. The van der Waals surface area contributed by atoms with Crippen molar-refractivity contribution in [3.63, 3.8) is 0 Å². The zero-order valence-corrected chi connectivity index (χ0v) is 12.7. The Morgan fingerprint density at radius 2 is 1.70 bits per heavy atom. The Morgan fingerprint density at radius 3 is 2.30 bits per heavy atom. The minimum Gasteiger partial charge on any atom is -0.464 e. The third-order valence-corrected chi connectivity index (χ3v) is 4.13. The highest BCUT2D eigenvalue weighted by molar-refractivity contribution is 5.77. The Balaban J connectivity index is 1.97. The molecular formula is C19H16N2O2. The topological polar surface area (TPSA) is 61.8 Å². The molecule has 0 aliphatic heterocycles. The van der Waals surface area contributed by atoms with Gasteiger partial charge in [0, 0.05) is 23.8 Å². The summed E-state index contributed by atoms with van der Waals surface area (Å²) in [6.45, 7) is 1.98. The van der Waals surface area contributed by atoms with Crippen LogP contribution in [0.5, 0.6) is 0 Å². The number of hydrogen-bond acceptors (Lipinski definition) is 2. The summed E-state index contributed by atoms with van der Waals surface area (Å²) in [7, 11) is 0. The Labute approximate surface area is 132 Å². The van der Waals surface area contributed by atoms with E-state index in [-0.39, 0.29) is 11.3 Å². The standard InChI is InChI=1S/C19H16N2O2/c1-12-6-7-13-17(10-12)23-11-14(19(13)22)18(15-4-2-8-20-15)16-5-3-9-21-16/h2-11,18,20-21H,1H3. The smallest absolute Gasteiger partial charge is 0.196 e. The van der Waals surface area contributed by atoms with Crippen LogP contribution in [0.3, 0.4) is 0 Å². The van der Waals surface area contributed by atoms with Gasteiger partial charge >= 0.3 is 0 Å². The van der Waals surface area contributed by atoms with Gasteiger partial charge in [-0.05, 0) is 48.9 Å². The largest absolute Gasteiger partial charge is 0.464 e. The van der Waals surface area contributed by atoms with Crippen molar-refractivity contribution in [2.75, 3.05) is 0 Å². The summed E-state index contributed by atoms with van der Waals surface area (Å²) in [4.78, 5) is 19.4. The Morgan fingerprint density at radius 1 is 1.00 bits per heavy atom. The molecule has 4 heteroatoms. The van der Waals surface area contributed by atoms with Gasteiger partial charge in [0.1, 0.15) is 5.58 Å². The zero-order valence-electron chi connectivity index (χ0n) is 12.7. The van der Waals surface area contributed by atoms with Crippen LogP contribution in [0, 0.1) is 6.92 Å². The highest BCUT2D eigenvalue weighted by atomic mass is 16.3. The molecule has 0 fully saturated rings. The van der Waals surface area contributed by atoms with Gasteiger partial charge < -0.3 is 14.4 Å². The third-order valence-electron chi connectivity index (χ3n) is 4.13. The second kappa shape index (κ2) is 5.32. The summed E-state index contributed by atoms with van der Waals surface area (Å²) in [5.74, 6) is -0.207. The van der Waals surface area contributed by atoms with E-state index >= 15 is 0 Å². The van der Waals surface area contributed by atoms with Gasteiger partial charge in [-0.15, -0.1) is 0 Å². The summed E-state index contributed by atoms with van der Waals surface area (Å²) in [5, 5.41) is 0.608. The number of rotatable bonds is 3. The number of nitrogens with one attached hydrogen (secondary N) is 2. The van der Waals surface area contributed by atoms with Crippen LogP contribution in [0.25, 0.3) is 11.0 Å². The van der Waals surface area contributed by atoms with Gasteiger partial charge in [0.15, 0.2) is 5.43 Å². The second-order valence-corrected chi connectivity index (χ2v) is 5.70. The van der Waals surface area contributed by atoms with Crippen LogP contribution in [-0.2, 0) is 0 Å². The molecule has 0 saturated carbocycles. The van der Waals surface area contributed by atoms with Crippen LogP contribution < -0.4 is 5.43 Å². The molecule has 0 radical (unpaired) electrons. The van der Waals surface area contributed by atoms with E-state index in [9.17, 15) is 4.79 Å². The maximum Gasteiger partial charge on any atom is 0.196 e. The molecule has 0 aliphatic rings. The number of benzene rings is 1. The lowest BCUT2D eigenvalue weighted by Crippen LogP contribution is -2.16. The third kappa shape index (κ3) is 2.28. The molecule has 4 nitrogen and oxygen atoms in total. The van der Waals surface area contributed by atoms with Crippen molar-refractivity contribution in [2.45, 2.75) is 12.8 Å². The van der Waals surface area contributed by atoms with Crippen molar-refractivity contribution in [2.24, 2.45) is 0 Å². The van der Waals surface area contributed by atoms with E-state index in [1.54, 1.807) is 6.26 Å². The van der Waals surface area contributed by atoms with E-state index in [1.807, 2.05) is 61.8 Å². The minimum atomic E-state index is -0.207. The van der Waals surface area contributed by atoms with Crippen LogP contribution in [-0.4, -0.2) is 9.97 Å². The number of aryl methyl sites for hydroxylation is 1. The van der Waals surface area contributed by atoms with Gasteiger partial charge in [-0.25, -0.2) is 0 Å². The van der Waals surface area contributed by atoms with Gasteiger partial charge in [0.2, 0.25) is 0 Å². The average molecular weight is 304 g/mol. The molecule has 114 valence electrons. The van der Waals surface area contributed by atoms with Crippen molar-refractivity contribution >= 4 is 11.0 Å². The number of fused-ring (bicyclic) bond motifs is 1. The van der Waals surface area contributed by atoms with Crippen molar-refractivity contribution in [1.29, 1.82) is 0 Å². The molecule has 1 aromatic carbocycles. The average Bonchev–Trinajstić information content (AvgIpc) is 3.24. The van der Waals surface area contributed by atoms with Crippen molar-refractivity contribution in [1.82, 2.24) is 9.97 Å². The molecule has 0 spiro atoms. The molecular weight excluding hydrogens is 288 g/mol. The lowest BCUT2D eigenvalue weighted by molar-refractivity contribution is 0.589. The fourth-order valence-electron chi connectivity index (χ4n) is 3.00. The molecule has 4 aromatic rings. The molecule has 0 saturated heterocycles. The lowest BCUT2D eigenvalue weighted by Gasteiger charge is -2.14. The summed E-state index contributed by atoms with van der Waals surface area (Å²) < 4.78 is 5.75. The summed E-state index contributed by atoms with van der Waals surface area (Å²) >= 11 is 0. The fourth-order valence-corrected chi connectivity index (χ4v) is 3.00. The van der Waals surface area contributed by atoms with Crippen LogP contribution in [0.1, 0.15) is 28.4 Å². The van der Waals surface area contributed by atoms with E-state index < -0.39 is 0 Å². The van der Waals surface area contributed by atoms with Crippen molar-refractivity contribution < 1.29 is 4.42 Å². The van der Waals surface area contributed by atoms with E-state index in [0.29, 0.717) is 16.5 Å². The molecule has 0 aliphatic carbocycles. The Hall–Kier alpha value is -3.01. The lowest BCUT2D eigenvalue weighted by atomic mass is 9.93. The molecule has 2 N–H and O–H groups in total. The normalized spacial score (nSPS) is 11.4. The van der Waals surface area contributed by atoms with Crippen molar-refractivity contribution in [3.8, 4) is 0 Å². The molecule has 0 unspecified atom stereocenters. The summed E-state index contributed by atoms with van der Waals surface area (Å²) in [5.41, 5.74) is 4.21. The fraction of sp³-hybridized carbons (Fsp3) is 0.105. The van der Waals surface area contributed by atoms with Gasteiger partial charge in [-0.3, -0.25) is 4.79 Å². The molecule has 3 aromatic heterocycles. The number of aromatic amines is 2. The maximum absolute atomic E-state index is 13.0. The van der Waals surface area contributed by atoms with Gasteiger partial charge in [0.05, 0.1) is 23.1 Å². The van der Waals surface area contributed by atoms with Crippen molar-refractivity contribution in [3.05, 3.63) is 93.9 Å². The van der Waals surface area contributed by atoms with Crippen LogP contribution in [0.15, 0.2) is 70.3 Å². The summed E-state index contributed by atoms with van der Waals surface area (Å²) in [6, 6.07) is 13.5. The molecule has 3 heterocycles. The van der Waals surface area contributed by atoms with E-state index in [4.69, 9.17) is 4.42 Å². The molecule has 0 atom stereocenters. The Kier molecular flexibility index (Phi) is 3.15. The molecule has 0 bridgehead atoms. The van der Waals surface area contributed by atoms with E-state index in [1.165, 1.54) is 0 Å². The van der Waals surface area contributed by atoms with Gasteiger partial charge in [-0.2, -0.15) is 0 Å². The predicted molar refractivity (Wildman–Crippen MR) is 89.8 cm³/mol. The highest BCUT2D eigenvalue weighted by Gasteiger charge is 2.23. The van der Waals surface area contributed by atoms with E-state index in [2.05, 4.69) is 9.97 Å². The molecule has 0 amide bonds. The quantitative estimate of drug-likeness (QED) is 0.602. The minimum absolute atomic E-state index is 0.000417. The maximum atomic E-state index is 13.0. The zero-order chi connectivity index (χ0) is 15.8. The highest BCUT2D eigenvalue weighted by Crippen LogP contribution is 2.29. The van der Waals surface area contributed by atoms with Crippen LogP contribution in [0.4, 0.5) is 0 Å².